The van der Waals surface area contributed by atoms with E-state index in [4.69, 9.17) is 4.74 Å². The lowest BCUT2D eigenvalue weighted by molar-refractivity contribution is -0.0942. The Morgan fingerprint density at radius 3 is 2.00 bits per heavy atom. The van der Waals surface area contributed by atoms with Gasteiger partial charge in [0.25, 0.3) is 0 Å². The van der Waals surface area contributed by atoms with Gasteiger partial charge in [0.1, 0.15) is 5.75 Å². The summed E-state index contributed by atoms with van der Waals surface area (Å²) in [4.78, 5) is 12.0. The summed E-state index contributed by atoms with van der Waals surface area (Å²) in [5.74, 6) is -1.34. The van der Waals surface area contributed by atoms with Crippen molar-refractivity contribution >= 4 is 28.6 Å². The minimum absolute atomic E-state index is 0.215. The van der Waals surface area contributed by atoms with Crippen LogP contribution in [0.3, 0.4) is 0 Å². The molecule has 3 nitrogen and oxygen atoms in total. The summed E-state index contributed by atoms with van der Waals surface area (Å²) < 4.78 is 43.2. The molecule has 0 radical (unpaired) electrons. The SMILES string of the molecule is CC.CC.CC.COc1cc2ccn(C(=O)C(F)(F)F)c2cc1SC. The number of hydrogen-bond donors (Lipinski definition) is 0. The van der Waals surface area contributed by atoms with Crippen LogP contribution in [0, 0.1) is 0 Å². The Morgan fingerprint density at radius 1 is 1.08 bits per heavy atom. The van der Waals surface area contributed by atoms with E-state index >= 15 is 0 Å². The molecule has 1 heterocycles. The summed E-state index contributed by atoms with van der Waals surface area (Å²) in [7, 11) is 1.48. The van der Waals surface area contributed by atoms with Crippen LogP contribution in [0.1, 0.15) is 46.3 Å². The van der Waals surface area contributed by atoms with Crippen molar-refractivity contribution in [2.45, 2.75) is 52.6 Å². The van der Waals surface area contributed by atoms with Crippen molar-refractivity contribution in [2.75, 3.05) is 13.4 Å². The van der Waals surface area contributed by atoms with Gasteiger partial charge in [0, 0.05) is 11.6 Å². The molecule has 0 spiro atoms. The standard InChI is InChI=1S/C12H10F3NO2S.3C2H6/c1-18-9-5-7-3-4-16(11(17)12(13,14)15)8(7)6-10(9)19-2;3*1-2/h3-6H,1-2H3;3*1-2H3. The van der Waals surface area contributed by atoms with Gasteiger partial charge in [-0.05, 0) is 24.5 Å². The Morgan fingerprint density at radius 2 is 1.60 bits per heavy atom. The Kier molecular flexibility index (Phi) is 13.0. The summed E-state index contributed by atoms with van der Waals surface area (Å²) in [5, 5.41) is 0.521. The molecular formula is C18H28F3NO2S. The Balaban J connectivity index is 0. The van der Waals surface area contributed by atoms with Gasteiger partial charge in [-0.2, -0.15) is 13.2 Å². The van der Waals surface area contributed by atoms with Crippen molar-refractivity contribution < 1.29 is 22.7 Å². The van der Waals surface area contributed by atoms with Crippen LogP contribution in [0.4, 0.5) is 13.2 Å². The molecule has 0 aliphatic heterocycles. The fourth-order valence-electron chi connectivity index (χ4n) is 1.77. The van der Waals surface area contributed by atoms with Crippen LogP contribution >= 0.6 is 11.8 Å². The molecule has 0 fully saturated rings. The molecule has 1 aromatic heterocycles. The number of ether oxygens (including phenoxy) is 1. The fraction of sp³-hybridized carbons (Fsp3) is 0.500. The minimum Gasteiger partial charge on any atom is -0.496 e. The van der Waals surface area contributed by atoms with Gasteiger partial charge >= 0.3 is 12.1 Å². The van der Waals surface area contributed by atoms with E-state index in [-0.39, 0.29) is 5.52 Å². The first-order chi connectivity index (χ1) is 11.9. The molecule has 25 heavy (non-hydrogen) atoms. The van der Waals surface area contributed by atoms with Gasteiger partial charge in [0.05, 0.1) is 17.5 Å². The maximum atomic E-state index is 12.5. The third kappa shape index (κ3) is 6.65. The third-order valence-corrected chi connectivity index (χ3v) is 3.42. The predicted octanol–water partition coefficient (Wildman–Crippen LogP) is 6.65. The highest BCUT2D eigenvalue weighted by Gasteiger charge is 2.40. The lowest BCUT2D eigenvalue weighted by atomic mass is 10.2. The molecule has 0 saturated carbocycles. The van der Waals surface area contributed by atoms with Crippen LogP contribution < -0.4 is 4.74 Å². The molecule has 0 N–H and O–H groups in total. The lowest BCUT2D eigenvalue weighted by Gasteiger charge is -2.10. The summed E-state index contributed by atoms with van der Waals surface area (Å²) in [6.07, 6.45) is -2.00. The van der Waals surface area contributed by atoms with Crippen LogP contribution in [0.15, 0.2) is 29.3 Å². The van der Waals surface area contributed by atoms with Crippen molar-refractivity contribution in [1.29, 1.82) is 0 Å². The van der Waals surface area contributed by atoms with Crippen molar-refractivity contribution in [3.63, 3.8) is 0 Å². The topological polar surface area (TPSA) is 31.2 Å². The van der Waals surface area contributed by atoms with E-state index < -0.39 is 12.1 Å². The maximum Gasteiger partial charge on any atom is 0.472 e. The van der Waals surface area contributed by atoms with E-state index in [9.17, 15) is 18.0 Å². The van der Waals surface area contributed by atoms with Crippen molar-refractivity contribution in [3.05, 3.63) is 24.4 Å². The molecule has 144 valence electrons. The van der Waals surface area contributed by atoms with Crippen LogP contribution in [-0.4, -0.2) is 30.0 Å². The Bertz CT molecular complexity index is 637. The first-order valence-electron chi connectivity index (χ1n) is 8.23. The molecule has 7 heteroatoms. The van der Waals surface area contributed by atoms with E-state index in [1.165, 1.54) is 31.0 Å². The van der Waals surface area contributed by atoms with Crippen LogP contribution in [-0.2, 0) is 0 Å². The zero-order valence-electron chi connectivity index (χ0n) is 16.1. The molecule has 2 rings (SSSR count). The van der Waals surface area contributed by atoms with Crippen molar-refractivity contribution in [1.82, 2.24) is 4.57 Å². The van der Waals surface area contributed by atoms with Gasteiger partial charge in [-0.3, -0.25) is 9.36 Å². The molecule has 0 aliphatic rings. The van der Waals surface area contributed by atoms with Gasteiger partial charge in [0.2, 0.25) is 0 Å². The highest BCUT2D eigenvalue weighted by atomic mass is 32.2. The average Bonchev–Trinajstić information content (AvgIpc) is 3.06. The minimum atomic E-state index is -4.90. The summed E-state index contributed by atoms with van der Waals surface area (Å²) in [5.41, 5.74) is 0.215. The third-order valence-electron chi connectivity index (χ3n) is 2.66. The van der Waals surface area contributed by atoms with Gasteiger partial charge in [-0.15, -0.1) is 11.8 Å². The number of nitrogens with zero attached hydrogens (tertiary/aromatic N) is 1. The molecule has 0 unspecified atom stereocenters. The average molecular weight is 379 g/mol. The molecule has 0 bridgehead atoms. The zero-order chi connectivity index (χ0) is 20.2. The molecule has 0 amide bonds. The van der Waals surface area contributed by atoms with Gasteiger partial charge < -0.3 is 4.74 Å². The number of rotatable bonds is 2. The second-order valence-corrected chi connectivity index (χ2v) is 4.60. The van der Waals surface area contributed by atoms with E-state index in [1.807, 2.05) is 41.5 Å². The predicted molar refractivity (Wildman–Crippen MR) is 101 cm³/mol. The fourth-order valence-corrected chi connectivity index (χ4v) is 2.35. The number of alkyl halides is 3. The molecule has 0 saturated heterocycles. The molecule has 1 aromatic carbocycles. The number of carbonyl (C=O) groups is 1. The highest BCUT2D eigenvalue weighted by molar-refractivity contribution is 7.98. The first kappa shape index (κ1) is 25.6. The van der Waals surface area contributed by atoms with Crippen molar-refractivity contribution in [2.24, 2.45) is 0 Å². The summed E-state index contributed by atoms with van der Waals surface area (Å²) >= 11 is 1.34. The highest BCUT2D eigenvalue weighted by Crippen LogP contribution is 2.33. The molecule has 2 aromatic rings. The number of thioether (sulfide) groups is 1. The van der Waals surface area contributed by atoms with Gasteiger partial charge in [0.15, 0.2) is 0 Å². The first-order valence-corrected chi connectivity index (χ1v) is 9.45. The van der Waals surface area contributed by atoms with Crippen LogP contribution in [0.25, 0.3) is 10.9 Å². The Hall–Kier alpha value is -1.63. The number of fused-ring (bicyclic) bond motifs is 1. The lowest BCUT2D eigenvalue weighted by Crippen LogP contribution is -2.28. The molecular weight excluding hydrogens is 351 g/mol. The van der Waals surface area contributed by atoms with Crippen molar-refractivity contribution in [3.8, 4) is 5.75 Å². The number of aromatic nitrogens is 1. The smallest absolute Gasteiger partial charge is 0.472 e. The molecule has 0 aliphatic carbocycles. The largest absolute Gasteiger partial charge is 0.496 e. The van der Waals surface area contributed by atoms with Gasteiger partial charge in [-0.1, -0.05) is 41.5 Å². The number of benzene rings is 1. The van der Waals surface area contributed by atoms with Gasteiger partial charge in [-0.25, -0.2) is 0 Å². The number of hydrogen-bond acceptors (Lipinski definition) is 3. The van der Waals surface area contributed by atoms with E-state index in [0.29, 0.717) is 20.6 Å². The second-order valence-electron chi connectivity index (χ2n) is 3.75. The number of halogens is 3. The zero-order valence-corrected chi connectivity index (χ0v) is 16.9. The number of carbonyl (C=O) groups excluding carboxylic acids is 1. The number of methoxy groups -OCH3 is 1. The summed E-state index contributed by atoms with van der Waals surface area (Å²) in [6.45, 7) is 12.0. The van der Waals surface area contributed by atoms with E-state index in [0.717, 1.165) is 6.20 Å². The molecule has 0 atom stereocenters. The summed E-state index contributed by atoms with van der Waals surface area (Å²) in [6, 6.07) is 4.58. The van der Waals surface area contributed by atoms with Crippen LogP contribution in [0.5, 0.6) is 5.75 Å². The maximum absolute atomic E-state index is 12.5. The van der Waals surface area contributed by atoms with Crippen LogP contribution in [0.2, 0.25) is 0 Å². The normalized spacial score (nSPS) is 9.72. The monoisotopic (exact) mass is 379 g/mol. The Labute approximate surface area is 152 Å². The van der Waals surface area contributed by atoms with E-state index in [1.54, 1.807) is 12.3 Å². The quantitative estimate of drug-likeness (QED) is 0.547. The second kappa shape index (κ2) is 12.7. The van der Waals surface area contributed by atoms with E-state index in [2.05, 4.69) is 0 Å².